The minimum Gasteiger partial charge on any atom is -0.353 e. The Morgan fingerprint density at radius 3 is 2.75 bits per heavy atom. The van der Waals surface area contributed by atoms with Gasteiger partial charge >= 0.3 is 6.18 Å². The van der Waals surface area contributed by atoms with Crippen molar-refractivity contribution < 1.29 is 18.0 Å². The highest BCUT2D eigenvalue weighted by Crippen LogP contribution is 2.20. The molecule has 0 saturated carbocycles. The van der Waals surface area contributed by atoms with E-state index in [0.29, 0.717) is 0 Å². The van der Waals surface area contributed by atoms with Gasteiger partial charge in [0.2, 0.25) is 5.91 Å². The second-order valence-electron chi connectivity index (χ2n) is 4.25. The molecule has 0 aliphatic carbocycles. The fraction of sp³-hybridized carbons (Fsp3) is 0.900. The lowest BCUT2D eigenvalue weighted by Gasteiger charge is -2.29. The maximum atomic E-state index is 11.9. The molecule has 1 saturated heterocycles. The Morgan fingerprint density at radius 2 is 2.25 bits per heavy atom. The normalized spacial score (nSPS) is 23.9. The van der Waals surface area contributed by atoms with Gasteiger partial charge in [0.15, 0.2) is 0 Å². The molecule has 2 unspecified atom stereocenters. The molecule has 1 rings (SSSR count). The Hall–Kier alpha value is -0.780. The van der Waals surface area contributed by atoms with Crippen LogP contribution in [0.25, 0.3) is 0 Å². The molecule has 0 bridgehead atoms. The zero-order valence-electron chi connectivity index (χ0n) is 9.23. The van der Waals surface area contributed by atoms with Crippen LogP contribution in [-0.4, -0.2) is 31.2 Å². The third-order valence-electron chi connectivity index (χ3n) is 2.79. The highest BCUT2D eigenvalue weighted by Gasteiger charge is 2.32. The lowest BCUT2D eigenvalue weighted by Crippen LogP contribution is -2.45. The first-order valence-electron chi connectivity index (χ1n) is 5.45. The molecule has 2 N–H and O–H groups in total. The monoisotopic (exact) mass is 238 g/mol. The summed E-state index contributed by atoms with van der Waals surface area (Å²) in [5, 5.41) is 5.57. The average molecular weight is 238 g/mol. The van der Waals surface area contributed by atoms with Crippen LogP contribution in [0.4, 0.5) is 13.2 Å². The number of nitrogens with one attached hydrogen (secondary N) is 2. The van der Waals surface area contributed by atoms with Crippen molar-refractivity contribution in [3.63, 3.8) is 0 Å². The van der Waals surface area contributed by atoms with Crippen LogP contribution in [0.5, 0.6) is 0 Å². The van der Waals surface area contributed by atoms with E-state index in [2.05, 4.69) is 10.6 Å². The smallest absolute Gasteiger partial charge is 0.353 e. The summed E-state index contributed by atoms with van der Waals surface area (Å²) < 4.78 is 35.8. The summed E-state index contributed by atoms with van der Waals surface area (Å²) in [6, 6.07) is -0.206. The van der Waals surface area contributed by atoms with Gasteiger partial charge in [0.25, 0.3) is 0 Å². The van der Waals surface area contributed by atoms with E-state index < -0.39 is 18.5 Å². The maximum absolute atomic E-state index is 11.9. The van der Waals surface area contributed by atoms with Crippen LogP contribution < -0.4 is 10.6 Å². The Morgan fingerprint density at radius 1 is 1.56 bits per heavy atom. The van der Waals surface area contributed by atoms with Crippen LogP contribution in [0.15, 0.2) is 0 Å². The zero-order valence-corrected chi connectivity index (χ0v) is 9.23. The molecule has 0 aromatic carbocycles. The number of carbonyl (C=O) groups is 1. The lowest BCUT2D eigenvalue weighted by atomic mass is 9.93. The van der Waals surface area contributed by atoms with Gasteiger partial charge < -0.3 is 10.6 Å². The van der Waals surface area contributed by atoms with Crippen molar-refractivity contribution in [2.24, 2.45) is 5.92 Å². The SMILES string of the molecule is CC(NC(=O)CC(F)(F)F)C1CCCNC1. The van der Waals surface area contributed by atoms with E-state index in [4.69, 9.17) is 0 Å². The molecule has 1 fully saturated rings. The van der Waals surface area contributed by atoms with Crippen LogP contribution in [0.3, 0.4) is 0 Å². The average Bonchev–Trinajstić information content (AvgIpc) is 2.16. The van der Waals surface area contributed by atoms with Crippen molar-refractivity contribution in [3.05, 3.63) is 0 Å². The van der Waals surface area contributed by atoms with Crippen molar-refractivity contribution in [2.45, 2.75) is 38.4 Å². The Labute approximate surface area is 92.8 Å². The largest absolute Gasteiger partial charge is 0.397 e. The van der Waals surface area contributed by atoms with Gasteiger partial charge in [-0.15, -0.1) is 0 Å². The highest BCUT2D eigenvalue weighted by atomic mass is 19.4. The number of hydrogen-bond donors (Lipinski definition) is 2. The Bertz CT molecular complexity index is 237. The van der Waals surface area contributed by atoms with E-state index in [1.807, 2.05) is 0 Å². The molecule has 1 heterocycles. The van der Waals surface area contributed by atoms with Gasteiger partial charge in [0.05, 0.1) is 0 Å². The quantitative estimate of drug-likeness (QED) is 0.781. The fourth-order valence-corrected chi connectivity index (χ4v) is 1.91. The second kappa shape index (κ2) is 5.52. The van der Waals surface area contributed by atoms with Crippen molar-refractivity contribution in [3.8, 4) is 0 Å². The second-order valence-corrected chi connectivity index (χ2v) is 4.25. The number of hydrogen-bond acceptors (Lipinski definition) is 2. The molecule has 94 valence electrons. The number of amides is 1. The molecular weight excluding hydrogens is 221 g/mol. The van der Waals surface area contributed by atoms with Gasteiger partial charge in [-0.2, -0.15) is 13.2 Å². The van der Waals surface area contributed by atoms with E-state index in [0.717, 1.165) is 25.9 Å². The summed E-state index contributed by atoms with van der Waals surface area (Å²) in [6.07, 6.45) is -3.86. The van der Waals surface area contributed by atoms with Crippen LogP contribution >= 0.6 is 0 Å². The number of alkyl halides is 3. The summed E-state index contributed by atoms with van der Waals surface area (Å²) in [7, 11) is 0. The zero-order chi connectivity index (χ0) is 12.2. The molecule has 3 nitrogen and oxygen atoms in total. The van der Waals surface area contributed by atoms with E-state index in [9.17, 15) is 18.0 Å². The first kappa shape index (κ1) is 13.3. The topological polar surface area (TPSA) is 41.1 Å². The lowest BCUT2D eigenvalue weighted by molar-refractivity contribution is -0.154. The molecule has 1 amide bonds. The predicted molar refractivity (Wildman–Crippen MR) is 53.9 cm³/mol. The fourth-order valence-electron chi connectivity index (χ4n) is 1.91. The minimum atomic E-state index is -4.42. The molecule has 0 spiro atoms. The highest BCUT2D eigenvalue weighted by molar-refractivity contribution is 5.76. The first-order chi connectivity index (χ1) is 7.38. The summed E-state index contributed by atoms with van der Waals surface area (Å²) in [6.45, 7) is 3.46. The molecule has 1 aliphatic heterocycles. The van der Waals surface area contributed by atoms with Gasteiger partial charge in [0, 0.05) is 6.04 Å². The van der Waals surface area contributed by atoms with Crippen molar-refractivity contribution >= 4 is 5.91 Å². The summed E-state index contributed by atoms with van der Waals surface area (Å²) >= 11 is 0. The summed E-state index contributed by atoms with van der Waals surface area (Å²) in [4.78, 5) is 11.1. The number of rotatable bonds is 3. The minimum absolute atomic E-state index is 0.206. The van der Waals surface area contributed by atoms with Gasteiger partial charge in [-0.3, -0.25) is 4.79 Å². The Balaban J connectivity index is 2.32. The van der Waals surface area contributed by atoms with E-state index >= 15 is 0 Å². The van der Waals surface area contributed by atoms with Crippen molar-refractivity contribution in [1.29, 1.82) is 0 Å². The molecule has 0 aromatic rings. The number of piperidine rings is 1. The molecule has 6 heteroatoms. The molecule has 0 radical (unpaired) electrons. The third kappa shape index (κ3) is 4.83. The standard InChI is InChI=1S/C10H17F3N2O/c1-7(8-3-2-4-14-6-8)15-9(16)5-10(11,12)13/h7-8,14H,2-6H2,1H3,(H,15,16). The Kier molecular flexibility index (Phi) is 4.58. The third-order valence-corrected chi connectivity index (χ3v) is 2.79. The maximum Gasteiger partial charge on any atom is 0.397 e. The number of halogens is 3. The number of carbonyl (C=O) groups excluding carboxylic acids is 1. The van der Waals surface area contributed by atoms with Crippen molar-refractivity contribution in [2.75, 3.05) is 13.1 Å². The van der Waals surface area contributed by atoms with Crippen molar-refractivity contribution in [1.82, 2.24) is 10.6 Å². The van der Waals surface area contributed by atoms with E-state index in [1.54, 1.807) is 6.92 Å². The van der Waals surface area contributed by atoms with Crippen LogP contribution in [0.1, 0.15) is 26.2 Å². The molecular formula is C10H17F3N2O. The van der Waals surface area contributed by atoms with Gasteiger partial charge in [-0.05, 0) is 38.8 Å². The van der Waals surface area contributed by atoms with Gasteiger partial charge in [-0.1, -0.05) is 0 Å². The van der Waals surface area contributed by atoms with Crippen LogP contribution in [-0.2, 0) is 4.79 Å². The molecule has 1 aliphatic rings. The van der Waals surface area contributed by atoms with Gasteiger partial charge in [-0.25, -0.2) is 0 Å². The van der Waals surface area contributed by atoms with Crippen LogP contribution in [0.2, 0.25) is 0 Å². The first-order valence-corrected chi connectivity index (χ1v) is 5.45. The molecule has 2 atom stereocenters. The molecule has 16 heavy (non-hydrogen) atoms. The molecule has 0 aromatic heterocycles. The van der Waals surface area contributed by atoms with Crippen LogP contribution in [0, 0.1) is 5.92 Å². The van der Waals surface area contributed by atoms with E-state index in [1.165, 1.54) is 0 Å². The van der Waals surface area contributed by atoms with E-state index in [-0.39, 0.29) is 12.0 Å². The summed E-state index contributed by atoms with van der Waals surface area (Å²) in [5.74, 6) is -0.712. The predicted octanol–water partition coefficient (Wildman–Crippen LogP) is 1.44. The van der Waals surface area contributed by atoms with Gasteiger partial charge in [0.1, 0.15) is 6.42 Å². The summed E-state index contributed by atoms with van der Waals surface area (Å²) in [5.41, 5.74) is 0.